The molecular formula is C7H4IN3O3. The molecule has 2 aromatic rings. The average molecular weight is 305 g/mol. The first-order valence-electron chi connectivity index (χ1n) is 3.63. The zero-order valence-corrected chi connectivity index (χ0v) is 8.89. The smallest absolute Gasteiger partial charge is 0.364 e. The molecule has 14 heavy (non-hydrogen) atoms. The maximum absolute atomic E-state index is 11.3. The third-order valence-corrected chi connectivity index (χ3v) is 2.12. The summed E-state index contributed by atoms with van der Waals surface area (Å²) >= 11 is 1.46. The van der Waals surface area contributed by atoms with Crippen molar-refractivity contribution in [2.45, 2.75) is 0 Å². The number of halogens is 1. The molecule has 2 aromatic heterocycles. The van der Waals surface area contributed by atoms with E-state index in [4.69, 9.17) is 0 Å². The molecule has 0 saturated carbocycles. The van der Waals surface area contributed by atoms with Gasteiger partial charge in [0.15, 0.2) is 28.7 Å². The molecule has 0 spiro atoms. The van der Waals surface area contributed by atoms with Gasteiger partial charge in [-0.15, -0.1) is 0 Å². The topological polar surface area (TPSA) is 76.5 Å². The number of carbonyl (C=O) groups excluding carboxylic acids is 1. The number of pyridine rings is 1. The SMILES string of the molecule is O=C(OI)c1cccc2n[nH]c(=O)n12. The van der Waals surface area contributed by atoms with E-state index in [0.717, 1.165) is 4.40 Å². The second kappa shape index (κ2) is 3.40. The van der Waals surface area contributed by atoms with Gasteiger partial charge in [-0.3, -0.25) is 0 Å². The molecule has 0 fully saturated rings. The Labute approximate surface area is 91.6 Å². The number of hydrogen-bond acceptors (Lipinski definition) is 4. The van der Waals surface area contributed by atoms with Crippen LogP contribution in [0.25, 0.3) is 5.65 Å². The molecule has 7 heteroatoms. The predicted molar refractivity (Wildman–Crippen MR) is 55.2 cm³/mol. The summed E-state index contributed by atoms with van der Waals surface area (Å²) in [6.45, 7) is 0. The number of nitrogens with zero attached hydrogens (tertiary/aromatic N) is 2. The zero-order valence-electron chi connectivity index (χ0n) is 6.73. The highest BCUT2D eigenvalue weighted by Gasteiger charge is 2.12. The van der Waals surface area contributed by atoms with Gasteiger partial charge in [0, 0.05) is 0 Å². The van der Waals surface area contributed by atoms with Crippen molar-refractivity contribution in [3.63, 3.8) is 0 Å². The summed E-state index contributed by atoms with van der Waals surface area (Å²) in [6.07, 6.45) is 0. The minimum absolute atomic E-state index is 0.149. The van der Waals surface area contributed by atoms with Crippen molar-refractivity contribution in [1.29, 1.82) is 0 Å². The summed E-state index contributed by atoms with van der Waals surface area (Å²) in [5, 5.41) is 5.95. The molecule has 0 aromatic carbocycles. The first kappa shape index (κ1) is 9.19. The normalized spacial score (nSPS) is 10.4. The number of hydrogen-bond donors (Lipinski definition) is 1. The standard InChI is InChI=1S/C7H4IN3O3/c8-14-6(12)4-2-1-3-5-9-10-7(13)11(4)5/h1-3H,(H,10,13). The van der Waals surface area contributed by atoms with Crippen LogP contribution in [-0.2, 0) is 3.07 Å². The van der Waals surface area contributed by atoms with Crippen LogP contribution in [0.2, 0.25) is 0 Å². The Morgan fingerprint density at radius 3 is 3.07 bits per heavy atom. The molecule has 0 bridgehead atoms. The van der Waals surface area contributed by atoms with Crippen LogP contribution in [0.5, 0.6) is 0 Å². The Bertz CT molecular complexity index is 544. The largest absolute Gasteiger partial charge is 0.390 e. The molecule has 0 atom stereocenters. The number of H-pyrrole nitrogens is 1. The lowest BCUT2D eigenvalue weighted by atomic mass is 10.3. The van der Waals surface area contributed by atoms with E-state index in [2.05, 4.69) is 13.3 Å². The number of fused-ring (bicyclic) bond motifs is 1. The van der Waals surface area contributed by atoms with Crippen molar-refractivity contribution in [3.8, 4) is 0 Å². The Hall–Kier alpha value is -1.38. The van der Waals surface area contributed by atoms with Gasteiger partial charge in [-0.1, -0.05) is 6.07 Å². The van der Waals surface area contributed by atoms with Gasteiger partial charge in [-0.05, 0) is 12.1 Å². The second-order valence-electron chi connectivity index (χ2n) is 2.50. The molecule has 2 rings (SSSR count). The number of nitrogens with one attached hydrogen (secondary N) is 1. The minimum atomic E-state index is -0.584. The monoisotopic (exact) mass is 305 g/mol. The number of aromatic amines is 1. The maximum Gasteiger partial charge on any atom is 0.364 e. The van der Waals surface area contributed by atoms with Crippen LogP contribution in [0.15, 0.2) is 23.0 Å². The van der Waals surface area contributed by atoms with Gasteiger partial charge in [0.2, 0.25) is 0 Å². The number of carbonyl (C=O) groups is 1. The summed E-state index contributed by atoms with van der Waals surface area (Å²) in [5.74, 6) is -0.584. The van der Waals surface area contributed by atoms with E-state index in [1.165, 1.54) is 29.1 Å². The fourth-order valence-electron chi connectivity index (χ4n) is 1.15. The van der Waals surface area contributed by atoms with Crippen LogP contribution in [0.3, 0.4) is 0 Å². The minimum Gasteiger partial charge on any atom is -0.390 e. The lowest BCUT2D eigenvalue weighted by molar-refractivity contribution is 0.0792. The van der Waals surface area contributed by atoms with E-state index in [1.807, 2.05) is 0 Å². The third-order valence-electron chi connectivity index (χ3n) is 1.72. The fraction of sp³-hybridized carbons (Fsp3) is 0. The van der Waals surface area contributed by atoms with E-state index in [9.17, 15) is 9.59 Å². The van der Waals surface area contributed by atoms with Crippen LogP contribution >= 0.6 is 23.0 Å². The Morgan fingerprint density at radius 2 is 2.36 bits per heavy atom. The van der Waals surface area contributed by atoms with Gasteiger partial charge in [0.05, 0.1) is 0 Å². The third kappa shape index (κ3) is 1.29. The molecule has 0 aliphatic rings. The molecule has 72 valence electrons. The number of rotatable bonds is 1. The summed E-state index contributed by atoms with van der Waals surface area (Å²) in [4.78, 5) is 22.5. The molecule has 0 aliphatic heterocycles. The van der Waals surface area contributed by atoms with Crippen molar-refractivity contribution in [3.05, 3.63) is 34.4 Å². The van der Waals surface area contributed by atoms with E-state index in [-0.39, 0.29) is 5.69 Å². The quantitative estimate of drug-likeness (QED) is 0.780. The van der Waals surface area contributed by atoms with Gasteiger partial charge >= 0.3 is 11.7 Å². The predicted octanol–water partition coefficient (Wildman–Crippen LogP) is 0.529. The summed E-state index contributed by atoms with van der Waals surface area (Å²) in [5.41, 5.74) is 0.0716. The summed E-state index contributed by atoms with van der Waals surface area (Å²) < 4.78 is 5.65. The highest BCUT2D eigenvalue weighted by molar-refractivity contribution is 14.1. The van der Waals surface area contributed by atoms with Crippen molar-refractivity contribution in [2.75, 3.05) is 0 Å². The van der Waals surface area contributed by atoms with Crippen molar-refractivity contribution >= 4 is 34.6 Å². The van der Waals surface area contributed by atoms with Crippen LogP contribution in [-0.4, -0.2) is 20.6 Å². The molecule has 0 saturated heterocycles. The van der Waals surface area contributed by atoms with Gasteiger partial charge in [-0.25, -0.2) is 19.1 Å². The molecular weight excluding hydrogens is 301 g/mol. The lowest BCUT2D eigenvalue weighted by Crippen LogP contribution is -2.16. The first-order valence-corrected chi connectivity index (χ1v) is 4.51. The Kier molecular flexibility index (Phi) is 2.23. The Morgan fingerprint density at radius 1 is 1.57 bits per heavy atom. The van der Waals surface area contributed by atoms with E-state index < -0.39 is 11.7 Å². The van der Waals surface area contributed by atoms with Gasteiger partial charge in [0.25, 0.3) is 0 Å². The van der Waals surface area contributed by atoms with Crippen molar-refractivity contribution in [2.24, 2.45) is 0 Å². The summed E-state index contributed by atoms with van der Waals surface area (Å²) in [6, 6.07) is 4.73. The van der Waals surface area contributed by atoms with Crippen LogP contribution in [0, 0.1) is 0 Å². The summed E-state index contributed by atoms with van der Waals surface area (Å²) in [7, 11) is 0. The first-order chi connectivity index (χ1) is 6.74. The van der Waals surface area contributed by atoms with E-state index >= 15 is 0 Å². The van der Waals surface area contributed by atoms with E-state index in [0.29, 0.717) is 5.65 Å². The molecule has 0 radical (unpaired) electrons. The lowest BCUT2D eigenvalue weighted by Gasteiger charge is -1.98. The fourth-order valence-corrected chi connectivity index (χ4v) is 1.38. The molecule has 0 amide bonds. The van der Waals surface area contributed by atoms with Gasteiger partial charge in [-0.2, -0.15) is 5.10 Å². The molecule has 6 nitrogen and oxygen atoms in total. The number of aromatic nitrogens is 3. The molecule has 0 aliphatic carbocycles. The highest BCUT2D eigenvalue weighted by atomic mass is 127. The Balaban J connectivity index is 2.82. The molecule has 0 unspecified atom stereocenters. The highest BCUT2D eigenvalue weighted by Crippen LogP contribution is 2.05. The maximum atomic E-state index is 11.3. The second-order valence-corrected chi connectivity index (χ2v) is 2.94. The average Bonchev–Trinajstić information content (AvgIpc) is 2.59. The molecule has 2 heterocycles. The van der Waals surface area contributed by atoms with Crippen LogP contribution < -0.4 is 5.69 Å². The van der Waals surface area contributed by atoms with Gasteiger partial charge < -0.3 is 3.07 Å². The van der Waals surface area contributed by atoms with Crippen LogP contribution in [0.1, 0.15) is 10.5 Å². The van der Waals surface area contributed by atoms with Gasteiger partial charge in [0.1, 0.15) is 5.69 Å². The van der Waals surface area contributed by atoms with Crippen molar-refractivity contribution < 1.29 is 7.86 Å². The van der Waals surface area contributed by atoms with E-state index in [1.54, 1.807) is 12.1 Å². The van der Waals surface area contributed by atoms with Crippen LogP contribution in [0.4, 0.5) is 0 Å². The molecule has 1 N–H and O–H groups in total. The zero-order chi connectivity index (χ0) is 10.1. The van der Waals surface area contributed by atoms with Crippen molar-refractivity contribution in [1.82, 2.24) is 14.6 Å².